The van der Waals surface area contributed by atoms with Gasteiger partial charge in [0, 0.05) is 31.9 Å². The van der Waals surface area contributed by atoms with Crippen LogP contribution in [-0.4, -0.2) is 34.7 Å². The number of benzene rings is 1. The second kappa shape index (κ2) is 6.23. The summed E-state index contributed by atoms with van der Waals surface area (Å²) in [4.78, 5) is 14.1. The number of carbonyl (C=O) groups is 1. The van der Waals surface area contributed by atoms with E-state index in [1.54, 1.807) is 37.4 Å². The molecule has 0 N–H and O–H groups in total. The molecule has 0 spiro atoms. The highest BCUT2D eigenvalue weighted by Gasteiger charge is 2.16. The number of carbonyl (C=O) groups excluding carboxylic acids is 1. The largest absolute Gasteiger partial charge is 0.496 e. The molecule has 5 nitrogen and oxygen atoms in total. The molecule has 0 bridgehead atoms. The summed E-state index contributed by atoms with van der Waals surface area (Å²) in [5.74, 6) is 0.528. The Kier molecular flexibility index (Phi) is 4.40. The van der Waals surface area contributed by atoms with Crippen LogP contribution in [0.15, 0.2) is 36.7 Å². The standard InChI is InChI=1S/C15H19N3O2/c1-4-18-11-12(9-16-18)10-17(2)15(19)13-7-5-6-8-14(13)20-3/h5-9,11H,4,10H2,1-3H3. The predicted molar refractivity (Wildman–Crippen MR) is 76.7 cm³/mol. The highest BCUT2D eigenvalue weighted by Crippen LogP contribution is 2.19. The molecule has 5 heteroatoms. The first-order valence-corrected chi connectivity index (χ1v) is 6.55. The minimum Gasteiger partial charge on any atom is -0.496 e. The third-order valence-corrected chi connectivity index (χ3v) is 3.11. The molecular formula is C15H19N3O2. The van der Waals surface area contributed by atoms with Crippen molar-refractivity contribution in [3.63, 3.8) is 0 Å². The van der Waals surface area contributed by atoms with Crippen LogP contribution in [-0.2, 0) is 13.1 Å². The number of aryl methyl sites for hydroxylation is 1. The van der Waals surface area contributed by atoms with Crippen molar-refractivity contribution >= 4 is 5.91 Å². The van der Waals surface area contributed by atoms with Crippen molar-refractivity contribution in [2.24, 2.45) is 0 Å². The highest BCUT2D eigenvalue weighted by molar-refractivity contribution is 5.96. The molecule has 0 aliphatic rings. The van der Waals surface area contributed by atoms with Crippen LogP contribution in [0.25, 0.3) is 0 Å². The van der Waals surface area contributed by atoms with Crippen LogP contribution in [0.1, 0.15) is 22.8 Å². The van der Waals surface area contributed by atoms with Crippen molar-refractivity contribution in [3.8, 4) is 5.75 Å². The van der Waals surface area contributed by atoms with E-state index in [1.165, 1.54) is 0 Å². The van der Waals surface area contributed by atoms with Gasteiger partial charge < -0.3 is 9.64 Å². The Bertz CT molecular complexity index is 592. The van der Waals surface area contributed by atoms with Crippen molar-refractivity contribution < 1.29 is 9.53 Å². The van der Waals surface area contributed by atoms with Crippen molar-refractivity contribution in [1.29, 1.82) is 0 Å². The minimum absolute atomic E-state index is 0.0632. The monoisotopic (exact) mass is 273 g/mol. The van der Waals surface area contributed by atoms with Gasteiger partial charge in [0.25, 0.3) is 5.91 Å². The van der Waals surface area contributed by atoms with Crippen LogP contribution in [0.5, 0.6) is 5.75 Å². The van der Waals surface area contributed by atoms with Crippen LogP contribution < -0.4 is 4.74 Å². The number of para-hydroxylation sites is 1. The minimum atomic E-state index is -0.0632. The van der Waals surface area contributed by atoms with E-state index in [4.69, 9.17) is 4.74 Å². The van der Waals surface area contributed by atoms with E-state index in [2.05, 4.69) is 5.10 Å². The van der Waals surface area contributed by atoms with Crippen LogP contribution in [0.4, 0.5) is 0 Å². The Morgan fingerprint density at radius 1 is 1.40 bits per heavy atom. The number of ether oxygens (including phenoxy) is 1. The van der Waals surface area contributed by atoms with E-state index in [9.17, 15) is 4.79 Å². The number of amides is 1. The highest BCUT2D eigenvalue weighted by atomic mass is 16.5. The van der Waals surface area contributed by atoms with Crippen molar-refractivity contribution in [1.82, 2.24) is 14.7 Å². The van der Waals surface area contributed by atoms with Gasteiger partial charge in [-0.25, -0.2) is 0 Å². The van der Waals surface area contributed by atoms with Crippen molar-refractivity contribution in [2.75, 3.05) is 14.2 Å². The molecule has 2 rings (SSSR count). The molecule has 0 fully saturated rings. The number of hydrogen-bond acceptors (Lipinski definition) is 3. The summed E-state index contributed by atoms with van der Waals surface area (Å²) in [6.45, 7) is 3.38. The molecule has 106 valence electrons. The number of rotatable bonds is 5. The number of nitrogens with zero attached hydrogens (tertiary/aromatic N) is 3. The smallest absolute Gasteiger partial charge is 0.257 e. The van der Waals surface area contributed by atoms with Crippen molar-refractivity contribution in [3.05, 3.63) is 47.8 Å². The zero-order valence-electron chi connectivity index (χ0n) is 12.0. The Labute approximate surface area is 118 Å². The lowest BCUT2D eigenvalue weighted by Gasteiger charge is -2.17. The Morgan fingerprint density at radius 3 is 2.80 bits per heavy atom. The van der Waals surface area contributed by atoms with Crippen LogP contribution in [0.3, 0.4) is 0 Å². The summed E-state index contributed by atoms with van der Waals surface area (Å²) in [7, 11) is 3.34. The fraction of sp³-hybridized carbons (Fsp3) is 0.333. The topological polar surface area (TPSA) is 47.4 Å². The fourth-order valence-corrected chi connectivity index (χ4v) is 2.03. The summed E-state index contributed by atoms with van der Waals surface area (Å²) in [5.41, 5.74) is 1.58. The second-order valence-corrected chi connectivity index (χ2v) is 4.57. The number of methoxy groups -OCH3 is 1. The first-order valence-electron chi connectivity index (χ1n) is 6.55. The number of hydrogen-bond donors (Lipinski definition) is 0. The van der Waals surface area contributed by atoms with E-state index in [0.717, 1.165) is 12.1 Å². The average Bonchev–Trinajstić information content (AvgIpc) is 2.94. The molecule has 1 heterocycles. The summed E-state index contributed by atoms with van der Waals surface area (Å²) in [6.07, 6.45) is 3.74. The molecule has 1 amide bonds. The van der Waals surface area contributed by atoms with Gasteiger partial charge in [-0.1, -0.05) is 12.1 Å². The third kappa shape index (κ3) is 2.99. The molecule has 0 unspecified atom stereocenters. The third-order valence-electron chi connectivity index (χ3n) is 3.11. The number of aromatic nitrogens is 2. The molecule has 0 aliphatic carbocycles. The lowest BCUT2D eigenvalue weighted by molar-refractivity contribution is 0.0781. The zero-order valence-corrected chi connectivity index (χ0v) is 12.0. The lowest BCUT2D eigenvalue weighted by atomic mass is 10.1. The molecule has 2 aromatic rings. The molecule has 0 atom stereocenters. The average molecular weight is 273 g/mol. The molecule has 0 saturated heterocycles. The van der Waals surface area contributed by atoms with Gasteiger partial charge >= 0.3 is 0 Å². The summed E-state index contributed by atoms with van der Waals surface area (Å²) in [6, 6.07) is 7.24. The molecular weight excluding hydrogens is 254 g/mol. The molecule has 1 aromatic carbocycles. The maximum atomic E-state index is 12.4. The zero-order chi connectivity index (χ0) is 14.5. The van der Waals surface area contributed by atoms with Crippen LogP contribution >= 0.6 is 0 Å². The summed E-state index contributed by atoms with van der Waals surface area (Å²) in [5, 5.41) is 4.21. The van der Waals surface area contributed by atoms with Gasteiger partial charge in [0.05, 0.1) is 18.9 Å². The van der Waals surface area contributed by atoms with Gasteiger partial charge in [-0.2, -0.15) is 5.10 Å². The maximum Gasteiger partial charge on any atom is 0.257 e. The molecule has 0 radical (unpaired) electrons. The molecule has 20 heavy (non-hydrogen) atoms. The predicted octanol–water partition coefficient (Wildman–Crippen LogP) is 2.18. The first-order chi connectivity index (χ1) is 9.65. The lowest BCUT2D eigenvalue weighted by Crippen LogP contribution is -2.26. The molecule has 0 aliphatic heterocycles. The van der Waals surface area contributed by atoms with Gasteiger partial charge in [-0.3, -0.25) is 9.48 Å². The van der Waals surface area contributed by atoms with E-state index in [-0.39, 0.29) is 5.91 Å². The van der Waals surface area contributed by atoms with E-state index >= 15 is 0 Å². The first kappa shape index (κ1) is 14.1. The fourth-order valence-electron chi connectivity index (χ4n) is 2.03. The Morgan fingerprint density at radius 2 is 2.15 bits per heavy atom. The van der Waals surface area contributed by atoms with Gasteiger partial charge in [0.15, 0.2) is 0 Å². The summed E-state index contributed by atoms with van der Waals surface area (Å²) < 4.78 is 7.07. The van der Waals surface area contributed by atoms with Crippen LogP contribution in [0.2, 0.25) is 0 Å². The molecule has 0 saturated carbocycles. The SMILES string of the molecule is CCn1cc(CN(C)C(=O)c2ccccc2OC)cn1. The van der Waals surface area contributed by atoms with E-state index < -0.39 is 0 Å². The second-order valence-electron chi connectivity index (χ2n) is 4.57. The van der Waals surface area contributed by atoms with Gasteiger partial charge in [0.2, 0.25) is 0 Å². The van der Waals surface area contributed by atoms with Crippen molar-refractivity contribution in [2.45, 2.75) is 20.0 Å². The van der Waals surface area contributed by atoms with Gasteiger partial charge in [0.1, 0.15) is 5.75 Å². The van der Waals surface area contributed by atoms with E-state index in [1.807, 2.05) is 29.9 Å². The van der Waals surface area contributed by atoms with Gasteiger partial charge in [-0.15, -0.1) is 0 Å². The van der Waals surface area contributed by atoms with Crippen LogP contribution in [0, 0.1) is 0 Å². The summed E-state index contributed by atoms with van der Waals surface area (Å²) >= 11 is 0. The Hall–Kier alpha value is -2.30. The normalized spacial score (nSPS) is 10.3. The maximum absolute atomic E-state index is 12.4. The van der Waals surface area contributed by atoms with Gasteiger partial charge in [-0.05, 0) is 19.1 Å². The quantitative estimate of drug-likeness (QED) is 0.839. The molecule has 1 aromatic heterocycles. The Balaban J connectivity index is 2.12. The van der Waals surface area contributed by atoms with E-state index in [0.29, 0.717) is 17.9 Å².